The monoisotopic (exact) mass is 196 g/mol. The van der Waals surface area contributed by atoms with Crippen LogP contribution in [0.15, 0.2) is 12.2 Å². The summed E-state index contributed by atoms with van der Waals surface area (Å²) in [5.41, 5.74) is 0. The molecule has 0 N–H and O–H groups in total. The number of carbonyl (C=O) groups is 1. The average Bonchev–Trinajstić information content (AvgIpc) is 2.20. The third-order valence-corrected chi connectivity index (χ3v) is 2.86. The Morgan fingerprint density at radius 2 is 2.00 bits per heavy atom. The Morgan fingerprint density at radius 3 is 2.50 bits per heavy atom. The summed E-state index contributed by atoms with van der Waals surface area (Å²) in [6, 6.07) is 0. The number of carbonyl (C=O) groups excluding carboxylic acids is 1. The van der Waals surface area contributed by atoms with Crippen molar-refractivity contribution in [3.8, 4) is 0 Å². The number of rotatable bonds is 3. The van der Waals surface area contributed by atoms with E-state index in [9.17, 15) is 4.79 Å². The summed E-state index contributed by atoms with van der Waals surface area (Å²) in [5, 5.41) is 0. The second-order valence-electron chi connectivity index (χ2n) is 3.89. The van der Waals surface area contributed by atoms with Crippen molar-refractivity contribution >= 4 is 5.97 Å². The van der Waals surface area contributed by atoms with E-state index in [1.54, 1.807) is 0 Å². The molecule has 1 aliphatic carbocycles. The fourth-order valence-electron chi connectivity index (χ4n) is 2.08. The van der Waals surface area contributed by atoms with Gasteiger partial charge in [0.1, 0.15) is 0 Å². The Balaban J connectivity index is 2.31. The van der Waals surface area contributed by atoms with Crippen LogP contribution in [0.4, 0.5) is 0 Å². The standard InChI is InChI=1S/C12H20O2/c1-3-5-10-6-8-11(9-7-10)12(13)14-4-2/h3,5,10-11H,4,6-9H2,1-2H3. The molecule has 0 unspecified atom stereocenters. The molecule has 0 heterocycles. The first-order valence-corrected chi connectivity index (χ1v) is 5.57. The minimum Gasteiger partial charge on any atom is -0.466 e. The Bertz CT molecular complexity index is 200. The van der Waals surface area contributed by atoms with Gasteiger partial charge < -0.3 is 4.74 Å². The van der Waals surface area contributed by atoms with Gasteiger partial charge in [0.25, 0.3) is 0 Å². The van der Waals surface area contributed by atoms with Gasteiger partial charge in [0, 0.05) is 0 Å². The highest BCUT2D eigenvalue weighted by atomic mass is 16.5. The van der Waals surface area contributed by atoms with Crippen molar-refractivity contribution < 1.29 is 9.53 Å². The molecule has 14 heavy (non-hydrogen) atoms. The minimum atomic E-state index is 0.00595. The third-order valence-electron chi connectivity index (χ3n) is 2.86. The smallest absolute Gasteiger partial charge is 0.308 e. The zero-order valence-corrected chi connectivity index (χ0v) is 9.16. The minimum absolute atomic E-state index is 0.00595. The summed E-state index contributed by atoms with van der Waals surface area (Å²) in [7, 11) is 0. The first-order chi connectivity index (χ1) is 6.77. The molecule has 0 aromatic carbocycles. The number of allylic oxidation sites excluding steroid dienone is 2. The molecule has 80 valence electrons. The van der Waals surface area contributed by atoms with Gasteiger partial charge in [-0.3, -0.25) is 4.79 Å². The summed E-state index contributed by atoms with van der Waals surface area (Å²) < 4.78 is 5.02. The van der Waals surface area contributed by atoms with Crippen LogP contribution in [0.2, 0.25) is 0 Å². The van der Waals surface area contributed by atoms with Crippen molar-refractivity contribution in [2.75, 3.05) is 6.61 Å². The first-order valence-electron chi connectivity index (χ1n) is 5.57. The van der Waals surface area contributed by atoms with E-state index < -0.39 is 0 Å². The molecule has 0 aromatic rings. The van der Waals surface area contributed by atoms with Gasteiger partial charge in [-0.05, 0) is 45.4 Å². The molecular weight excluding hydrogens is 176 g/mol. The van der Waals surface area contributed by atoms with Crippen molar-refractivity contribution in [2.24, 2.45) is 11.8 Å². The second-order valence-corrected chi connectivity index (χ2v) is 3.89. The first kappa shape index (κ1) is 11.3. The molecule has 0 atom stereocenters. The molecule has 0 aromatic heterocycles. The van der Waals surface area contributed by atoms with Gasteiger partial charge in [0.2, 0.25) is 0 Å². The maximum atomic E-state index is 11.4. The molecule has 0 bridgehead atoms. The van der Waals surface area contributed by atoms with Crippen molar-refractivity contribution in [3.05, 3.63) is 12.2 Å². The highest BCUT2D eigenvalue weighted by molar-refractivity contribution is 5.72. The molecule has 1 fully saturated rings. The lowest BCUT2D eigenvalue weighted by Gasteiger charge is -2.24. The van der Waals surface area contributed by atoms with Gasteiger partial charge >= 0.3 is 5.97 Å². The van der Waals surface area contributed by atoms with Crippen LogP contribution in [0.3, 0.4) is 0 Å². The van der Waals surface area contributed by atoms with E-state index in [1.807, 2.05) is 6.92 Å². The highest BCUT2D eigenvalue weighted by Crippen LogP contribution is 2.30. The highest BCUT2D eigenvalue weighted by Gasteiger charge is 2.25. The molecule has 0 spiro atoms. The van der Waals surface area contributed by atoms with Gasteiger partial charge in [-0.2, -0.15) is 0 Å². The van der Waals surface area contributed by atoms with Gasteiger partial charge in [0.15, 0.2) is 0 Å². The van der Waals surface area contributed by atoms with Crippen LogP contribution in [-0.2, 0) is 9.53 Å². The van der Waals surface area contributed by atoms with E-state index in [0.717, 1.165) is 25.7 Å². The second kappa shape index (κ2) is 5.84. The van der Waals surface area contributed by atoms with E-state index >= 15 is 0 Å². The SMILES string of the molecule is CC=CC1CCC(C(=O)OCC)CC1. The molecular formula is C12H20O2. The molecule has 0 radical (unpaired) electrons. The molecule has 2 heteroatoms. The maximum absolute atomic E-state index is 11.4. The summed E-state index contributed by atoms with van der Waals surface area (Å²) in [4.78, 5) is 11.4. The van der Waals surface area contributed by atoms with Gasteiger partial charge in [0.05, 0.1) is 12.5 Å². The Kier molecular flexibility index (Phi) is 4.71. The fourth-order valence-corrected chi connectivity index (χ4v) is 2.08. The van der Waals surface area contributed by atoms with E-state index in [-0.39, 0.29) is 11.9 Å². The zero-order valence-electron chi connectivity index (χ0n) is 9.16. The molecule has 0 aliphatic heterocycles. The Hall–Kier alpha value is -0.790. The number of esters is 1. The summed E-state index contributed by atoms with van der Waals surface area (Å²) in [5.74, 6) is 0.855. The Morgan fingerprint density at radius 1 is 1.36 bits per heavy atom. The van der Waals surface area contributed by atoms with E-state index in [1.165, 1.54) is 0 Å². The lowest BCUT2D eigenvalue weighted by molar-refractivity contribution is -0.149. The molecule has 1 rings (SSSR count). The van der Waals surface area contributed by atoms with Crippen molar-refractivity contribution in [3.63, 3.8) is 0 Å². The topological polar surface area (TPSA) is 26.3 Å². The van der Waals surface area contributed by atoms with Crippen molar-refractivity contribution in [2.45, 2.75) is 39.5 Å². The zero-order chi connectivity index (χ0) is 10.4. The largest absolute Gasteiger partial charge is 0.466 e. The van der Waals surface area contributed by atoms with E-state index in [0.29, 0.717) is 12.5 Å². The molecule has 0 amide bonds. The summed E-state index contributed by atoms with van der Waals surface area (Å²) in [6.45, 7) is 4.43. The van der Waals surface area contributed by atoms with E-state index in [4.69, 9.17) is 4.74 Å². The van der Waals surface area contributed by atoms with Crippen LogP contribution in [0.5, 0.6) is 0 Å². The summed E-state index contributed by atoms with van der Waals surface area (Å²) in [6.07, 6.45) is 8.61. The lowest BCUT2D eigenvalue weighted by Crippen LogP contribution is -2.23. The maximum Gasteiger partial charge on any atom is 0.308 e. The predicted molar refractivity (Wildman–Crippen MR) is 56.9 cm³/mol. The van der Waals surface area contributed by atoms with Crippen LogP contribution in [0.1, 0.15) is 39.5 Å². The van der Waals surface area contributed by atoms with Crippen molar-refractivity contribution in [1.29, 1.82) is 0 Å². The Labute approximate surface area is 86.3 Å². The van der Waals surface area contributed by atoms with Gasteiger partial charge in [-0.15, -0.1) is 0 Å². The van der Waals surface area contributed by atoms with Crippen LogP contribution < -0.4 is 0 Å². The molecule has 0 saturated heterocycles. The molecule has 1 saturated carbocycles. The number of hydrogen-bond acceptors (Lipinski definition) is 2. The predicted octanol–water partition coefficient (Wildman–Crippen LogP) is 2.93. The molecule has 1 aliphatic rings. The number of ether oxygens (including phenoxy) is 1. The lowest BCUT2D eigenvalue weighted by atomic mass is 9.82. The average molecular weight is 196 g/mol. The third kappa shape index (κ3) is 3.17. The van der Waals surface area contributed by atoms with Crippen LogP contribution in [0.25, 0.3) is 0 Å². The van der Waals surface area contributed by atoms with Gasteiger partial charge in [-0.25, -0.2) is 0 Å². The van der Waals surface area contributed by atoms with E-state index in [2.05, 4.69) is 19.1 Å². The van der Waals surface area contributed by atoms with Crippen LogP contribution in [-0.4, -0.2) is 12.6 Å². The number of hydrogen-bond donors (Lipinski definition) is 0. The van der Waals surface area contributed by atoms with Crippen LogP contribution in [0, 0.1) is 11.8 Å². The quantitative estimate of drug-likeness (QED) is 0.512. The molecule has 2 nitrogen and oxygen atoms in total. The fraction of sp³-hybridized carbons (Fsp3) is 0.750. The van der Waals surface area contributed by atoms with Crippen LogP contribution >= 0.6 is 0 Å². The summed E-state index contributed by atoms with van der Waals surface area (Å²) >= 11 is 0. The van der Waals surface area contributed by atoms with Crippen molar-refractivity contribution in [1.82, 2.24) is 0 Å². The van der Waals surface area contributed by atoms with Gasteiger partial charge in [-0.1, -0.05) is 12.2 Å². The normalized spacial score (nSPS) is 27.9.